The van der Waals surface area contributed by atoms with Gasteiger partial charge in [0.05, 0.1) is 0 Å². The minimum atomic E-state index is -0.00468. The van der Waals surface area contributed by atoms with Gasteiger partial charge in [0.25, 0.3) is 0 Å². The van der Waals surface area contributed by atoms with Crippen LogP contribution in [0, 0.1) is 5.92 Å². The van der Waals surface area contributed by atoms with Gasteiger partial charge in [-0.3, -0.25) is 9.69 Å². The fourth-order valence-corrected chi connectivity index (χ4v) is 1.92. The summed E-state index contributed by atoms with van der Waals surface area (Å²) in [5, 5.41) is 6.05. The molecule has 82 valence electrons. The molecule has 4 nitrogen and oxygen atoms in total. The molecule has 2 atom stereocenters. The van der Waals surface area contributed by atoms with Crippen molar-refractivity contribution in [1.82, 2.24) is 15.5 Å². The lowest BCUT2D eigenvalue weighted by Crippen LogP contribution is -2.49. The lowest BCUT2D eigenvalue weighted by molar-refractivity contribution is -0.125. The lowest BCUT2D eigenvalue weighted by Gasteiger charge is -2.27. The Bertz CT molecular complexity index is 196. The largest absolute Gasteiger partial charge is 0.354 e. The van der Waals surface area contributed by atoms with E-state index in [0.717, 1.165) is 26.2 Å². The average Bonchev–Trinajstić information content (AvgIpc) is 2.31. The van der Waals surface area contributed by atoms with Gasteiger partial charge in [-0.2, -0.15) is 0 Å². The van der Waals surface area contributed by atoms with E-state index in [2.05, 4.69) is 29.4 Å². The second kappa shape index (κ2) is 5.32. The van der Waals surface area contributed by atoms with Crippen LogP contribution in [0.3, 0.4) is 0 Å². The SMILES string of the molecule is CCN1CC(C)CNC(=O)C1CNC. The average molecular weight is 199 g/mol. The van der Waals surface area contributed by atoms with Crippen LogP contribution in [-0.2, 0) is 4.79 Å². The van der Waals surface area contributed by atoms with Gasteiger partial charge in [-0.1, -0.05) is 13.8 Å². The van der Waals surface area contributed by atoms with Crippen LogP contribution in [0.5, 0.6) is 0 Å². The van der Waals surface area contributed by atoms with Crippen LogP contribution < -0.4 is 10.6 Å². The van der Waals surface area contributed by atoms with Crippen molar-refractivity contribution < 1.29 is 4.79 Å². The molecule has 0 radical (unpaired) electrons. The summed E-state index contributed by atoms with van der Waals surface area (Å²) in [6.45, 7) is 7.74. The van der Waals surface area contributed by atoms with Crippen molar-refractivity contribution >= 4 is 5.91 Å². The monoisotopic (exact) mass is 199 g/mol. The minimum absolute atomic E-state index is 0.00468. The summed E-state index contributed by atoms with van der Waals surface area (Å²) in [5.74, 6) is 0.700. The summed E-state index contributed by atoms with van der Waals surface area (Å²) in [6.07, 6.45) is 0. The zero-order valence-corrected chi connectivity index (χ0v) is 9.34. The highest BCUT2D eigenvalue weighted by Crippen LogP contribution is 2.08. The molecule has 1 fully saturated rings. The fraction of sp³-hybridized carbons (Fsp3) is 0.900. The first-order chi connectivity index (χ1) is 6.69. The fourth-order valence-electron chi connectivity index (χ4n) is 1.92. The maximum atomic E-state index is 11.7. The molecule has 0 aromatic carbocycles. The topological polar surface area (TPSA) is 44.4 Å². The Morgan fingerprint density at radius 2 is 2.36 bits per heavy atom. The molecule has 1 aliphatic heterocycles. The van der Waals surface area contributed by atoms with Gasteiger partial charge in [0.15, 0.2) is 0 Å². The summed E-state index contributed by atoms with van der Waals surface area (Å²) in [5.41, 5.74) is 0. The molecule has 2 unspecified atom stereocenters. The quantitative estimate of drug-likeness (QED) is 0.654. The van der Waals surface area contributed by atoms with E-state index in [1.807, 2.05) is 7.05 Å². The van der Waals surface area contributed by atoms with Crippen molar-refractivity contribution in [2.45, 2.75) is 19.9 Å². The van der Waals surface area contributed by atoms with Gasteiger partial charge in [-0.25, -0.2) is 0 Å². The summed E-state index contributed by atoms with van der Waals surface area (Å²) >= 11 is 0. The van der Waals surface area contributed by atoms with Gasteiger partial charge in [0.2, 0.25) is 5.91 Å². The molecular formula is C10H21N3O. The predicted molar refractivity (Wildman–Crippen MR) is 57.1 cm³/mol. The molecule has 0 spiro atoms. The van der Waals surface area contributed by atoms with Crippen LogP contribution in [0.2, 0.25) is 0 Å². The number of likely N-dealkylation sites (N-methyl/N-ethyl adjacent to an activating group) is 2. The summed E-state index contributed by atoms with van der Waals surface area (Å²) in [7, 11) is 1.88. The number of carbonyl (C=O) groups excluding carboxylic acids is 1. The van der Waals surface area contributed by atoms with E-state index in [0.29, 0.717) is 5.92 Å². The highest BCUT2D eigenvalue weighted by Gasteiger charge is 2.28. The Morgan fingerprint density at radius 1 is 1.64 bits per heavy atom. The van der Waals surface area contributed by atoms with Gasteiger partial charge in [0, 0.05) is 19.6 Å². The number of hydrogen-bond acceptors (Lipinski definition) is 3. The Kier molecular flexibility index (Phi) is 4.35. The maximum absolute atomic E-state index is 11.7. The molecule has 0 saturated carbocycles. The third kappa shape index (κ3) is 2.69. The minimum Gasteiger partial charge on any atom is -0.354 e. The normalized spacial score (nSPS) is 29.8. The van der Waals surface area contributed by atoms with Crippen molar-refractivity contribution in [1.29, 1.82) is 0 Å². The smallest absolute Gasteiger partial charge is 0.238 e. The Hall–Kier alpha value is -0.610. The van der Waals surface area contributed by atoms with Gasteiger partial charge < -0.3 is 10.6 Å². The standard InChI is InChI=1S/C10H21N3O/c1-4-13-7-8(2)5-12-10(14)9(13)6-11-3/h8-9,11H,4-7H2,1-3H3,(H,12,14). The van der Waals surface area contributed by atoms with Crippen LogP contribution in [0.25, 0.3) is 0 Å². The van der Waals surface area contributed by atoms with Crippen LogP contribution in [0.1, 0.15) is 13.8 Å². The first-order valence-electron chi connectivity index (χ1n) is 5.35. The number of nitrogens with zero attached hydrogens (tertiary/aromatic N) is 1. The molecule has 1 amide bonds. The summed E-state index contributed by atoms with van der Waals surface area (Å²) < 4.78 is 0. The maximum Gasteiger partial charge on any atom is 0.238 e. The molecule has 1 aliphatic rings. The molecule has 0 bridgehead atoms. The summed E-state index contributed by atoms with van der Waals surface area (Å²) in [6, 6.07) is -0.00468. The summed E-state index contributed by atoms with van der Waals surface area (Å²) in [4.78, 5) is 14.0. The van der Waals surface area contributed by atoms with E-state index in [1.54, 1.807) is 0 Å². The van der Waals surface area contributed by atoms with Crippen LogP contribution >= 0.6 is 0 Å². The third-order valence-corrected chi connectivity index (χ3v) is 2.72. The Balaban J connectivity index is 2.68. The van der Waals surface area contributed by atoms with E-state index in [4.69, 9.17) is 0 Å². The van der Waals surface area contributed by atoms with Crippen LogP contribution in [0.4, 0.5) is 0 Å². The first kappa shape index (κ1) is 11.5. The van der Waals surface area contributed by atoms with Gasteiger partial charge in [-0.15, -0.1) is 0 Å². The molecular weight excluding hydrogens is 178 g/mol. The van der Waals surface area contributed by atoms with E-state index in [9.17, 15) is 4.79 Å². The zero-order valence-electron chi connectivity index (χ0n) is 9.34. The molecule has 1 rings (SSSR count). The van der Waals surface area contributed by atoms with Crippen molar-refractivity contribution in [3.05, 3.63) is 0 Å². The number of nitrogens with one attached hydrogen (secondary N) is 2. The molecule has 1 saturated heterocycles. The second-order valence-corrected chi connectivity index (χ2v) is 4.01. The van der Waals surface area contributed by atoms with Crippen molar-refractivity contribution in [3.63, 3.8) is 0 Å². The third-order valence-electron chi connectivity index (χ3n) is 2.72. The van der Waals surface area contributed by atoms with Crippen LogP contribution in [-0.4, -0.2) is 50.1 Å². The van der Waals surface area contributed by atoms with E-state index >= 15 is 0 Å². The Labute approximate surface area is 86.0 Å². The lowest BCUT2D eigenvalue weighted by atomic mass is 10.1. The highest BCUT2D eigenvalue weighted by molar-refractivity contribution is 5.82. The number of amides is 1. The van der Waals surface area contributed by atoms with Crippen LogP contribution in [0.15, 0.2) is 0 Å². The molecule has 14 heavy (non-hydrogen) atoms. The second-order valence-electron chi connectivity index (χ2n) is 4.01. The molecule has 0 aromatic rings. The molecule has 2 N–H and O–H groups in total. The number of carbonyl (C=O) groups is 1. The highest BCUT2D eigenvalue weighted by atomic mass is 16.2. The van der Waals surface area contributed by atoms with E-state index < -0.39 is 0 Å². The molecule has 1 heterocycles. The van der Waals surface area contributed by atoms with Crippen molar-refractivity contribution in [2.75, 3.05) is 33.2 Å². The van der Waals surface area contributed by atoms with Gasteiger partial charge in [0.1, 0.15) is 6.04 Å². The molecule has 0 aliphatic carbocycles. The zero-order chi connectivity index (χ0) is 10.6. The number of hydrogen-bond donors (Lipinski definition) is 2. The van der Waals surface area contributed by atoms with Crippen molar-refractivity contribution in [2.24, 2.45) is 5.92 Å². The molecule has 0 aromatic heterocycles. The Morgan fingerprint density at radius 3 is 2.93 bits per heavy atom. The van der Waals surface area contributed by atoms with E-state index in [1.165, 1.54) is 0 Å². The first-order valence-corrected chi connectivity index (χ1v) is 5.35. The molecule has 4 heteroatoms. The van der Waals surface area contributed by atoms with Gasteiger partial charge in [-0.05, 0) is 19.5 Å². The number of rotatable bonds is 3. The van der Waals surface area contributed by atoms with E-state index in [-0.39, 0.29) is 11.9 Å². The predicted octanol–water partition coefficient (Wildman–Crippen LogP) is -0.338. The van der Waals surface area contributed by atoms with Crippen molar-refractivity contribution in [3.8, 4) is 0 Å². The van der Waals surface area contributed by atoms with Gasteiger partial charge >= 0.3 is 0 Å².